The predicted octanol–water partition coefficient (Wildman–Crippen LogP) is 2.89. The van der Waals surface area contributed by atoms with E-state index in [1.54, 1.807) is 0 Å². The molecule has 1 saturated heterocycles. The molecule has 0 saturated carbocycles. The summed E-state index contributed by atoms with van der Waals surface area (Å²) in [5, 5.41) is 11.8. The Labute approximate surface area is 152 Å². The monoisotopic (exact) mass is 358 g/mol. The Morgan fingerprint density at radius 3 is 2.76 bits per heavy atom. The number of carbonyl (C=O) groups excluding carboxylic acids is 1. The van der Waals surface area contributed by atoms with Gasteiger partial charge in [0, 0.05) is 28.9 Å². The van der Waals surface area contributed by atoms with Crippen molar-refractivity contribution in [2.75, 3.05) is 13.1 Å². The molecule has 2 aliphatic rings. The van der Waals surface area contributed by atoms with Gasteiger partial charge in [-0.2, -0.15) is 5.10 Å². The number of fused-ring (bicyclic) bond motifs is 1. The maximum Gasteiger partial charge on any atom is 0.272 e. The highest BCUT2D eigenvalue weighted by atomic mass is 35.5. The maximum atomic E-state index is 12.8. The van der Waals surface area contributed by atoms with Gasteiger partial charge in [0.15, 0.2) is 5.69 Å². The van der Waals surface area contributed by atoms with Crippen molar-refractivity contribution in [2.24, 2.45) is 0 Å². The number of carbonyl (C=O) groups is 1. The van der Waals surface area contributed by atoms with Crippen molar-refractivity contribution in [1.29, 1.82) is 0 Å². The Balaban J connectivity index is 1.71. The molecule has 0 radical (unpaired) electrons. The van der Waals surface area contributed by atoms with E-state index in [2.05, 4.69) is 10.6 Å². The van der Waals surface area contributed by atoms with Crippen LogP contribution in [0.4, 0.5) is 0 Å². The fourth-order valence-corrected chi connectivity index (χ4v) is 3.91. The highest BCUT2D eigenvalue weighted by molar-refractivity contribution is 6.30. The molecule has 132 valence electrons. The fraction of sp³-hybridized carbons (Fsp3) is 0.474. The first-order chi connectivity index (χ1) is 12.2. The zero-order chi connectivity index (χ0) is 17.2. The highest BCUT2D eigenvalue weighted by Crippen LogP contribution is 2.27. The van der Waals surface area contributed by atoms with Crippen LogP contribution in [0, 0.1) is 0 Å². The third-order valence-corrected chi connectivity index (χ3v) is 5.36. The van der Waals surface area contributed by atoms with Crippen LogP contribution in [0.2, 0.25) is 5.02 Å². The van der Waals surface area contributed by atoms with Crippen LogP contribution in [-0.4, -0.2) is 34.8 Å². The Morgan fingerprint density at radius 2 is 2.00 bits per heavy atom. The molecule has 1 unspecified atom stereocenters. The number of nitrogens with one attached hydrogen (secondary N) is 2. The van der Waals surface area contributed by atoms with Crippen molar-refractivity contribution >= 4 is 17.5 Å². The second kappa shape index (κ2) is 7.18. The zero-order valence-corrected chi connectivity index (χ0v) is 15.0. The molecule has 1 aromatic heterocycles. The molecule has 1 atom stereocenters. The van der Waals surface area contributed by atoms with Gasteiger partial charge < -0.3 is 10.6 Å². The standard InChI is InChI=1S/C19H23ClN4O/c20-13-6-8-15(9-7-13)24-17-5-3-1-2-4-16(17)18(23-24)19(25)22-14-10-11-21-12-14/h6-9,14,21H,1-5,10-12H2,(H,22,25). The van der Waals surface area contributed by atoms with Gasteiger partial charge in [-0.1, -0.05) is 18.0 Å². The summed E-state index contributed by atoms with van der Waals surface area (Å²) in [5.41, 5.74) is 3.85. The Kier molecular flexibility index (Phi) is 4.77. The van der Waals surface area contributed by atoms with Crippen molar-refractivity contribution in [3.63, 3.8) is 0 Å². The lowest BCUT2D eigenvalue weighted by Crippen LogP contribution is -2.36. The van der Waals surface area contributed by atoms with Gasteiger partial charge in [0.2, 0.25) is 0 Å². The Morgan fingerprint density at radius 1 is 1.20 bits per heavy atom. The van der Waals surface area contributed by atoms with Gasteiger partial charge in [-0.3, -0.25) is 4.79 Å². The van der Waals surface area contributed by atoms with Crippen molar-refractivity contribution in [1.82, 2.24) is 20.4 Å². The average Bonchev–Trinajstić information content (AvgIpc) is 3.17. The van der Waals surface area contributed by atoms with Gasteiger partial charge in [-0.05, 0) is 62.9 Å². The lowest BCUT2D eigenvalue weighted by molar-refractivity contribution is 0.0933. The van der Waals surface area contributed by atoms with Gasteiger partial charge in [0.05, 0.1) is 5.69 Å². The molecule has 1 aliphatic heterocycles. The zero-order valence-electron chi connectivity index (χ0n) is 14.2. The molecule has 1 fully saturated rings. The van der Waals surface area contributed by atoms with Crippen LogP contribution in [0.1, 0.15) is 47.4 Å². The number of amides is 1. The van der Waals surface area contributed by atoms with Crippen molar-refractivity contribution in [2.45, 2.75) is 44.6 Å². The molecule has 2 N–H and O–H groups in total. The summed E-state index contributed by atoms with van der Waals surface area (Å²) in [6.07, 6.45) is 6.32. The van der Waals surface area contributed by atoms with Crippen molar-refractivity contribution < 1.29 is 4.79 Å². The summed E-state index contributed by atoms with van der Waals surface area (Å²) >= 11 is 6.02. The molecular formula is C19H23ClN4O. The first-order valence-corrected chi connectivity index (χ1v) is 9.48. The normalized spacial score (nSPS) is 20.1. The number of aromatic nitrogens is 2. The molecular weight excluding hydrogens is 336 g/mol. The summed E-state index contributed by atoms with van der Waals surface area (Å²) in [7, 11) is 0. The van der Waals surface area contributed by atoms with Gasteiger partial charge in [0.25, 0.3) is 5.91 Å². The summed E-state index contributed by atoms with van der Waals surface area (Å²) in [5.74, 6) is -0.0421. The van der Waals surface area contributed by atoms with Crippen LogP contribution in [0.5, 0.6) is 0 Å². The molecule has 1 amide bonds. The molecule has 5 nitrogen and oxygen atoms in total. The van der Waals surface area contributed by atoms with Gasteiger partial charge in [0.1, 0.15) is 0 Å². The molecule has 4 rings (SSSR count). The van der Waals surface area contributed by atoms with Crippen LogP contribution in [0.15, 0.2) is 24.3 Å². The molecule has 1 aromatic carbocycles. The molecule has 0 bridgehead atoms. The fourth-order valence-electron chi connectivity index (χ4n) is 3.79. The minimum absolute atomic E-state index is 0.0421. The van der Waals surface area contributed by atoms with Crippen molar-refractivity contribution in [3.8, 4) is 5.69 Å². The lowest BCUT2D eigenvalue weighted by atomic mass is 10.1. The Bertz CT molecular complexity index is 762. The van der Waals surface area contributed by atoms with E-state index >= 15 is 0 Å². The predicted molar refractivity (Wildman–Crippen MR) is 98.6 cm³/mol. The molecule has 25 heavy (non-hydrogen) atoms. The van der Waals surface area contributed by atoms with Crippen LogP contribution < -0.4 is 10.6 Å². The largest absolute Gasteiger partial charge is 0.347 e. The van der Waals surface area contributed by atoms with E-state index in [1.807, 2.05) is 28.9 Å². The smallest absolute Gasteiger partial charge is 0.272 e. The van der Waals surface area contributed by atoms with E-state index in [1.165, 1.54) is 12.1 Å². The Hall–Kier alpha value is -1.85. The van der Waals surface area contributed by atoms with Gasteiger partial charge in [-0.25, -0.2) is 4.68 Å². The number of hydrogen-bond donors (Lipinski definition) is 2. The van der Waals surface area contributed by atoms with E-state index in [0.717, 1.165) is 56.4 Å². The average molecular weight is 359 g/mol. The third-order valence-electron chi connectivity index (χ3n) is 5.11. The van der Waals surface area contributed by atoms with E-state index in [4.69, 9.17) is 16.7 Å². The quantitative estimate of drug-likeness (QED) is 0.829. The molecule has 1 aliphatic carbocycles. The third kappa shape index (κ3) is 3.44. The van der Waals surface area contributed by atoms with E-state index in [9.17, 15) is 4.79 Å². The number of halogens is 1. The van der Waals surface area contributed by atoms with Crippen LogP contribution in [0.3, 0.4) is 0 Å². The van der Waals surface area contributed by atoms with E-state index in [-0.39, 0.29) is 11.9 Å². The van der Waals surface area contributed by atoms with Gasteiger partial charge >= 0.3 is 0 Å². The van der Waals surface area contributed by atoms with Gasteiger partial charge in [-0.15, -0.1) is 0 Å². The van der Waals surface area contributed by atoms with E-state index < -0.39 is 0 Å². The minimum Gasteiger partial charge on any atom is -0.347 e. The van der Waals surface area contributed by atoms with Crippen LogP contribution >= 0.6 is 11.6 Å². The second-order valence-corrected chi connectivity index (χ2v) is 7.32. The first-order valence-electron chi connectivity index (χ1n) is 9.10. The number of hydrogen-bond acceptors (Lipinski definition) is 3. The molecule has 2 aromatic rings. The summed E-state index contributed by atoms with van der Waals surface area (Å²) in [4.78, 5) is 12.8. The van der Waals surface area contributed by atoms with E-state index in [0.29, 0.717) is 10.7 Å². The van der Waals surface area contributed by atoms with Crippen LogP contribution in [0.25, 0.3) is 5.69 Å². The van der Waals surface area contributed by atoms with Crippen LogP contribution in [-0.2, 0) is 12.8 Å². The van der Waals surface area contributed by atoms with Crippen molar-refractivity contribution in [3.05, 3.63) is 46.2 Å². The number of benzene rings is 1. The maximum absolute atomic E-state index is 12.8. The second-order valence-electron chi connectivity index (χ2n) is 6.89. The minimum atomic E-state index is -0.0421. The SMILES string of the molecule is O=C(NC1CCNC1)c1nn(-c2ccc(Cl)cc2)c2c1CCCCC2. The molecule has 0 spiro atoms. The molecule has 2 heterocycles. The summed E-state index contributed by atoms with van der Waals surface area (Å²) in [6, 6.07) is 7.86. The highest BCUT2D eigenvalue weighted by Gasteiger charge is 2.26. The summed E-state index contributed by atoms with van der Waals surface area (Å²) < 4.78 is 1.94. The first kappa shape index (κ1) is 16.6. The lowest BCUT2D eigenvalue weighted by Gasteiger charge is -2.10. The number of nitrogens with zero attached hydrogens (tertiary/aromatic N) is 2. The summed E-state index contributed by atoms with van der Waals surface area (Å²) in [6.45, 7) is 1.80. The molecule has 6 heteroatoms. The topological polar surface area (TPSA) is 59.0 Å². The number of rotatable bonds is 3.